The van der Waals surface area contributed by atoms with Crippen LogP contribution < -0.4 is 0 Å². The molecule has 0 radical (unpaired) electrons. The zero-order valence-corrected chi connectivity index (χ0v) is 14.0. The van der Waals surface area contributed by atoms with Crippen LogP contribution in [0.5, 0.6) is 0 Å². The fourth-order valence-corrected chi connectivity index (χ4v) is 2.65. The topological polar surface area (TPSA) is 37.9 Å². The van der Waals surface area contributed by atoms with E-state index in [1.54, 1.807) is 0 Å². The molecule has 0 saturated carbocycles. The molecule has 0 saturated heterocycles. The molecule has 1 N–H and O–H groups in total. The van der Waals surface area contributed by atoms with Crippen LogP contribution in [0.15, 0.2) is 4.47 Å². The van der Waals surface area contributed by atoms with Crippen molar-refractivity contribution < 1.29 is 4.74 Å². The molecule has 1 atom stereocenters. The fraction of sp³-hybridized carbons (Fsp3) is 0.692. The summed E-state index contributed by atoms with van der Waals surface area (Å²) in [6.07, 6.45) is -0.0395. The van der Waals surface area contributed by atoms with Crippen molar-refractivity contribution in [2.75, 3.05) is 6.61 Å². The van der Waals surface area contributed by atoms with Crippen LogP contribution in [-0.2, 0) is 4.74 Å². The van der Waals surface area contributed by atoms with Crippen LogP contribution in [0.4, 0.5) is 0 Å². The van der Waals surface area contributed by atoms with E-state index in [2.05, 4.69) is 53.6 Å². The molecular weight excluding hydrogens is 312 g/mol. The highest BCUT2D eigenvalue weighted by Crippen LogP contribution is 2.28. The number of nitrogens with zero attached hydrogens (tertiary/aromatic N) is 1. The van der Waals surface area contributed by atoms with E-state index in [9.17, 15) is 0 Å². The van der Waals surface area contributed by atoms with Gasteiger partial charge in [0.2, 0.25) is 0 Å². The molecule has 3 nitrogen and oxygen atoms in total. The lowest BCUT2D eigenvalue weighted by Gasteiger charge is -2.21. The first kappa shape index (κ1) is 15.8. The summed E-state index contributed by atoms with van der Waals surface area (Å²) in [5.41, 5.74) is 1.08. The quantitative estimate of drug-likeness (QED) is 0.790. The Morgan fingerprint density at radius 2 is 1.94 bits per heavy atom. The van der Waals surface area contributed by atoms with Gasteiger partial charge in [0.15, 0.2) is 0 Å². The standard InChI is InChI=1S/C13H21BrN2OS/c1-6-17-11(8(4)5)12-15-10(7(2)3)9(14)13(18)16-12/h7-8,11H,6H2,1-5H3,(H,15,16,18). The molecule has 1 aromatic heterocycles. The predicted molar refractivity (Wildman–Crippen MR) is 80.4 cm³/mol. The van der Waals surface area contributed by atoms with E-state index in [1.807, 2.05) is 6.92 Å². The minimum absolute atomic E-state index is 0.0395. The lowest BCUT2D eigenvalue weighted by Crippen LogP contribution is -2.16. The lowest BCUT2D eigenvalue weighted by atomic mass is 10.1. The molecule has 0 aromatic carbocycles. The molecular formula is C13H21BrN2OS. The van der Waals surface area contributed by atoms with Crippen LogP contribution in [0, 0.1) is 10.6 Å². The molecule has 0 aliphatic rings. The molecule has 0 aliphatic carbocycles. The van der Waals surface area contributed by atoms with E-state index in [4.69, 9.17) is 17.0 Å². The van der Waals surface area contributed by atoms with Gasteiger partial charge in [0.1, 0.15) is 16.6 Å². The van der Waals surface area contributed by atoms with E-state index in [0.29, 0.717) is 23.1 Å². The average Bonchev–Trinajstić information content (AvgIpc) is 2.28. The lowest BCUT2D eigenvalue weighted by molar-refractivity contribution is 0.0229. The second kappa shape index (κ2) is 6.78. The van der Waals surface area contributed by atoms with Gasteiger partial charge in [0, 0.05) is 12.3 Å². The van der Waals surface area contributed by atoms with Crippen molar-refractivity contribution >= 4 is 28.1 Å². The van der Waals surface area contributed by atoms with Gasteiger partial charge >= 0.3 is 0 Å². The van der Waals surface area contributed by atoms with Gasteiger partial charge in [0.05, 0.1) is 4.47 Å². The Bertz CT molecular complexity index is 457. The molecule has 1 unspecified atom stereocenters. The molecule has 0 bridgehead atoms. The highest BCUT2D eigenvalue weighted by Gasteiger charge is 2.20. The van der Waals surface area contributed by atoms with Crippen LogP contribution >= 0.6 is 28.1 Å². The summed E-state index contributed by atoms with van der Waals surface area (Å²) < 4.78 is 7.24. The molecule has 1 aromatic rings. The van der Waals surface area contributed by atoms with E-state index in [-0.39, 0.29) is 6.10 Å². The first-order valence-electron chi connectivity index (χ1n) is 6.29. The molecule has 18 heavy (non-hydrogen) atoms. The molecule has 0 spiro atoms. The molecule has 102 valence electrons. The smallest absolute Gasteiger partial charge is 0.144 e. The molecule has 0 fully saturated rings. The van der Waals surface area contributed by atoms with Gasteiger partial charge < -0.3 is 9.72 Å². The molecule has 1 heterocycles. The predicted octanol–water partition coefficient (Wildman–Crippen LogP) is 4.76. The van der Waals surface area contributed by atoms with Crippen molar-refractivity contribution in [2.24, 2.45) is 5.92 Å². The number of aromatic amines is 1. The summed E-state index contributed by atoms with van der Waals surface area (Å²) in [5.74, 6) is 1.53. The number of ether oxygens (including phenoxy) is 1. The highest BCUT2D eigenvalue weighted by atomic mass is 79.9. The van der Waals surface area contributed by atoms with Crippen LogP contribution in [0.2, 0.25) is 0 Å². The van der Waals surface area contributed by atoms with Gasteiger partial charge in [-0.25, -0.2) is 4.98 Å². The first-order valence-corrected chi connectivity index (χ1v) is 7.49. The largest absolute Gasteiger partial charge is 0.370 e. The molecule has 5 heteroatoms. The molecule has 0 amide bonds. The van der Waals surface area contributed by atoms with Crippen molar-refractivity contribution in [1.29, 1.82) is 0 Å². The van der Waals surface area contributed by atoms with Crippen molar-refractivity contribution in [3.05, 3.63) is 20.6 Å². The van der Waals surface area contributed by atoms with Gasteiger partial charge in [-0.2, -0.15) is 0 Å². The Morgan fingerprint density at radius 3 is 2.39 bits per heavy atom. The van der Waals surface area contributed by atoms with Crippen molar-refractivity contribution in [3.8, 4) is 0 Å². The molecule has 0 aliphatic heterocycles. The summed E-state index contributed by atoms with van der Waals surface area (Å²) in [7, 11) is 0. The van der Waals surface area contributed by atoms with E-state index in [0.717, 1.165) is 16.0 Å². The van der Waals surface area contributed by atoms with Crippen LogP contribution in [-0.4, -0.2) is 16.6 Å². The third-order valence-electron chi connectivity index (χ3n) is 2.71. The highest BCUT2D eigenvalue weighted by molar-refractivity contribution is 9.10. The average molecular weight is 333 g/mol. The van der Waals surface area contributed by atoms with E-state index in [1.165, 1.54) is 0 Å². The summed E-state index contributed by atoms with van der Waals surface area (Å²) in [6, 6.07) is 0. The number of rotatable bonds is 5. The summed E-state index contributed by atoms with van der Waals surface area (Å²) in [6.45, 7) is 11.1. The third kappa shape index (κ3) is 3.62. The number of H-pyrrole nitrogens is 1. The second-order valence-electron chi connectivity index (χ2n) is 4.93. The normalized spacial score (nSPS) is 13.3. The SMILES string of the molecule is CCOC(c1nc(=S)c(Br)c(C(C)C)[nH]1)C(C)C. The Hall–Kier alpha value is -0.260. The van der Waals surface area contributed by atoms with Gasteiger partial charge in [-0.05, 0) is 34.7 Å². The summed E-state index contributed by atoms with van der Waals surface area (Å²) in [4.78, 5) is 7.81. The van der Waals surface area contributed by atoms with Crippen LogP contribution in [0.3, 0.4) is 0 Å². The van der Waals surface area contributed by atoms with Gasteiger partial charge in [-0.1, -0.05) is 39.9 Å². The van der Waals surface area contributed by atoms with E-state index >= 15 is 0 Å². The minimum Gasteiger partial charge on any atom is -0.370 e. The van der Waals surface area contributed by atoms with Gasteiger partial charge in [0.25, 0.3) is 0 Å². The number of halogens is 1. The number of hydrogen-bond acceptors (Lipinski definition) is 3. The maximum atomic E-state index is 5.76. The van der Waals surface area contributed by atoms with Crippen LogP contribution in [0.25, 0.3) is 0 Å². The Kier molecular flexibility index (Phi) is 5.95. The summed E-state index contributed by atoms with van der Waals surface area (Å²) >= 11 is 8.81. The Labute approximate surface area is 122 Å². The summed E-state index contributed by atoms with van der Waals surface area (Å²) in [5, 5.41) is 0. The third-order valence-corrected chi connectivity index (χ3v) is 4.07. The van der Waals surface area contributed by atoms with Crippen LogP contribution in [0.1, 0.15) is 58.2 Å². The number of nitrogens with one attached hydrogen (secondary N) is 1. The fourth-order valence-electron chi connectivity index (χ4n) is 1.79. The molecule has 1 rings (SSSR count). The van der Waals surface area contributed by atoms with Crippen molar-refractivity contribution in [2.45, 2.75) is 46.6 Å². The maximum absolute atomic E-state index is 5.76. The monoisotopic (exact) mass is 332 g/mol. The first-order chi connectivity index (χ1) is 8.38. The van der Waals surface area contributed by atoms with Gasteiger partial charge in [-0.15, -0.1) is 0 Å². The zero-order valence-electron chi connectivity index (χ0n) is 11.6. The van der Waals surface area contributed by atoms with E-state index < -0.39 is 0 Å². The minimum atomic E-state index is -0.0395. The zero-order chi connectivity index (χ0) is 13.9. The van der Waals surface area contributed by atoms with Crippen molar-refractivity contribution in [1.82, 2.24) is 9.97 Å². The van der Waals surface area contributed by atoms with Gasteiger partial charge in [-0.3, -0.25) is 0 Å². The Morgan fingerprint density at radius 1 is 1.33 bits per heavy atom. The number of aromatic nitrogens is 2. The second-order valence-corrected chi connectivity index (χ2v) is 6.11. The maximum Gasteiger partial charge on any atom is 0.144 e. The number of hydrogen-bond donors (Lipinski definition) is 1. The Balaban J connectivity index is 3.28. The van der Waals surface area contributed by atoms with Crippen molar-refractivity contribution in [3.63, 3.8) is 0 Å².